The van der Waals surface area contributed by atoms with Crippen molar-refractivity contribution in [3.63, 3.8) is 0 Å². The average molecular weight is 374 g/mol. The van der Waals surface area contributed by atoms with E-state index in [1.54, 1.807) is 0 Å². The van der Waals surface area contributed by atoms with Gasteiger partial charge in [0.2, 0.25) is 0 Å². The minimum atomic E-state index is 0.617. The standard InChI is InChI=1S/C19H24BrN3/c20-17-6-3-5-16(13-17)14-23(15-18-7-1-2-11-22-18)19-8-4-10-21-12-9-19/h1-3,5-7,11,13,19,21H,4,8-10,12,14-15H2. The summed E-state index contributed by atoms with van der Waals surface area (Å²) in [5, 5.41) is 3.52. The third-order valence-electron chi connectivity index (χ3n) is 4.43. The molecule has 2 heterocycles. The zero-order valence-corrected chi connectivity index (χ0v) is 15.0. The third-order valence-corrected chi connectivity index (χ3v) is 4.92. The fraction of sp³-hybridized carbons (Fsp3) is 0.421. The van der Waals surface area contributed by atoms with E-state index < -0.39 is 0 Å². The van der Waals surface area contributed by atoms with Crippen LogP contribution in [0.1, 0.15) is 30.5 Å². The Balaban J connectivity index is 1.77. The Labute approximate surface area is 147 Å². The second-order valence-corrected chi connectivity index (χ2v) is 7.11. The SMILES string of the molecule is Brc1cccc(CN(Cc2ccccn2)C2CCCNCC2)c1. The van der Waals surface area contributed by atoms with E-state index in [1.807, 2.05) is 12.3 Å². The molecule has 122 valence electrons. The molecule has 0 bridgehead atoms. The molecular formula is C19H24BrN3. The molecule has 1 aliphatic rings. The van der Waals surface area contributed by atoms with Gasteiger partial charge in [-0.05, 0) is 62.2 Å². The van der Waals surface area contributed by atoms with Crippen LogP contribution < -0.4 is 5.32 Å². The van der Waals surface area contributed by atoms with Crippen LogP contribution in [0.4, 0.5) is 0 Å². The summed E-state index contributed by atoms with van der Waals surface area (Å²) in [7, 11) is 0. The molecule has 0 saturated carbocycles. The lowest BCUT2D eigenvalue weighted by Gasteiger charge is -2.31. The average Bonchev–Trinajstić information content (AvgIpc) is 2.84. The van der Waals surface area contributed by atoms with Crippen LogP contribution >= 0.6 is 15.9 Å². The maximum atomic E-state index is 4.53. The minimum Gasteiger partial charge on any atom is -0.317 e. The lowest BCUT2D eigenvalue weighted by atomic mass is 10.1. The van der Waals surface area contributed by atoms with E-state index >= 15 is 0 Å². The van der Waals surface area contributed by atoms with Gasteiger partial charge in [0.1, 0.15) is 0 Å². The number of aromatic nitrogens is 1. The summed E-state index contributed by atoms with van der Waals surface area (Å²) in [4.78, 5) is 7.12. The van der Waals surface area contributed by atoms with Crippen LogP contribution in [0.15, 0.2) is 53.1 Å². The topological polar surface area (TPSA) is 28.2 Å². The molecule has 0 aliphatic carbocycles. The highest BCUT2D eigenvalue weighted by atomic mass is 79.9. The summed E-state index contributed by atoms with van der Waals surface area (Å²) in [6.45, 7) is 4.14. The van der Waals surface area contributed by atoms with E-state index in [1.165, 1.54) is 24.8 Å². The quantitative estimate of drug-likeness (QED) is 0.858. The first-order chi connectivity index (χ1) is 11.3. The van der Waals surface area contributed by atoms with Gasteiger partial charge in [-0.25, -0.2) is 0 Å². The van der Waals surface area contributed by atoms with Crippen LogP contribution in [0.5, 0.6) is 0 Å². The van der Waals surface area contributed by atoms with Crippen molar-refractivity contribution >= 4 is 15.9 Å². The number of nitrogens with one attached hydrogen (secondary N) is 1. The molecule has 1 fully saturated rings. The van der Waals surface area contributed by atoms with E-state index in [9.17, 15) is 0 Å². The molecule has 4 heteroatoms. The zero-order chi connectivity index (χ0) is 15.9. The van der Waals surface area contributed by atoms with Gasteiger partial charge in [-0.3, -0.25) is 9.88 Å². The van der Waals surface area contributed by atoms with Crippen molar-refractivity contribution in [3.8, 4) is 0 Å². The Morgan fingerprint density at radius 2 is 2.04 bits per heavy atom. The Morgan fingerprint density at radius 1 is 1.09 bits per heavy atom. The van der Waals surface area contributed by atoms with Gasteiger partial charge in [0.25, 0.3) is 0 Å². The molecule has 0 radical (unpaired) electrons. The summed E-state index contributed by atoms with van der Waals surface area (Å²) in [6, 6.07) is 15.4. The van der Waals surface area contributed by atoms with E-state index in [0.29, 0.717) is 6.04 Å². The summed E-state index contributed by atoms with van der Waals surface area (Å²) in [5.41, 5.74) is 2.51. The fourth-order valence-electron chi connectivity index (χ4n) is 3.25. The van der Waals surface area contributed by atoms with Gasteiger partial charge >= 0.3 is 0 Å². The van der Waals surface area contributed by atoms with Crippen LogP contribution in [0.25, 0.3) is 0 Å². The normalized spacial score (nSPS) is 18.8. The van der Waals surface area contributed by atoms with Gasteiger partial charge in [0.15, 0.2) is 0 Å². The van der Waals surface area contributed by atoms with Gasteiger partial charge in [0, 0.05) is 29.8 Å². The van der Waals surface area contributed by atoms with Crippen molar-refractivity contribution in [2.45, 2.75) is 38.4 Å². The Morgan fingerprint density at radius 3 is 2.87 bits per heavy atom. The molecule has 1 unspecified atom stereocenters. The Kier molecular flexibility index (Phi) is 6.20. The van der Waals surface area contributed by atoms with Crippen molar-refractivity contribution in [1.82, 2.24) is 15.2 Å². The molecule has 3 nitrogen and oxygen atoms in total. The summed E-state index contributed by atoms with van der Waals surface area (Å²) in [5.74, 6) is 0. The lowest BCUT2D eigenvalue weighted by Crippen LogP contribution is -2.35. The van der Waals surface area contributed by atoms with Gasteiger partial charge < -0.3 is 5.32 Å². The van der Waals surface area contributed by atoms with Crippen LogP contribution in [0.3, 0.4) is 0 Å². The predicted octanol–water partition coefficient (Wildman–Crippen LogP) is 3.99. The molecule has 1 saturated heterocycles. The minimum absolute atomic E-state index is 0.617. The molecule has 23 heavy (non-hydrogen) atoms. The highest BCUT2D eigenvalue weighted by molar-refractivity contribution is 9.10. The zero-order valence-electron chi connectivity index (χ0n) is 13.4. The van der Waals surface area contributed by atoms with Gasteiger partial charge in [-0.2, -0.15) is 0 Å². The molecule has 1 atom stereocenters. The second kappa shape index (κ2) is 8.57. The third kappa shape index (κ3) is 5.13. The lowest BCUT2D eigenvalue weighted by molar-refractivity contribution is 0.162. The molecule has 1 aliphatic heterocycles. The maximum absolute atomic E-state index is 4.53. The fourth-order valence-corrected chi connectivity index (χ4v) is 3.70. The number of hydrogen-bond acceptors (Lipinski definition) is 3. The highest BCUT2D eigenvalue weighted by Gasteiger charge is 2.21. The van der Waals surface area contributed by atoms with Crippen molar-refractivity contribution < 1.29 is 0 Å². The number of halogens is 1. The van der Waals surface area contributed by atoms with E-state index in [4.69, 9.17) is 0 Å². The molecule has 3 rings (SSSR count). The summed E-state index contributed by atoms with van der Waals surface area (Å²) < 4.78 is 1.15. The van der Waals surface area contributed by atoms with Gasteiger partial charge in [-0.1, -0.05) is 34.1 Å². The van der Waals surface area contributed by atoms with E-state index in [-0.39, 0.29) is 0 Å². The predicted molar refractivity (Wildman–Crippen MR) is 98.1 cm³/mol. The maximum Gasteiger partial charge on any atom is 0.0544 e. The Hall–Kier alpha value is -1.23. The summed E-state index contributed by atoms with van der Waals surface area (Å²) in [6.07, 6.45) is 5.61. The van der Waals surface area contributed by atoms with E-state index in [0.717, 1.165) is 36.3 Å². The molecule has 0 amide bonds. The van der Waals surface area contributed by atoms with Crippen molar-refractivity contribution in [3.05, 3.63) is 64.4 Å². The van der Waals surface area contributed by atoms with Crippen molar-refractivity contribution in [2.24, 2.45) is 0 Å². The first kappa shape index (κ1) is 16.6. The first-order valence-electron chi connectivity index (χ1n) is 8.40. The molecule has 1 N–H and O–H groups in total. The van der Waals surface area contributed by atoms with Crippen LogP contribution in [0.2, 0.25) is 0 Å². The number of rotatable bonds is 5. The number of hydrogen-bond donors (Lipinski definition) is 1. The molecule has 0 spiro atoms. The van der Waals surface area contributed by atoms with Crippen LogP contribution in [-0.4, -0.2) is 29.0 Å². The number of nitrogens with zero attached hydrogens (tertiary/aromatic N) is 2. The largest absolute Gasteiger partial charge is 0.317 e. The monoisotopic (exact) mass is 373 g/mol. The van der Waals surface area contributed by atoms with Crippen LogP contribution in [-0.2, 0) is 13.1 Å². The van der Waals surface area contributed by atoms with Gasteiger partial charge in [-0.15, -0.1) is 0 Å². The first-order valence-corrected chi connectivity index (χ1v) is 9.20. The number of benzene rings is 1. The van der Waals surface area contributed by atoms with Crippen molar-refractivity contribution in [1.29, 1.82) is 0 Å². The van der Waals surface area contributed by atoms with Crippen LogP contribution in [0, 0.1) is 0 Å². The van der Waals surface area contributed by atoms with E-state index in [2.05, 4.69) is 67.5 Å². The van der Waals surface area contributed by atoms with Gasteiger partial charge in [0.05, 0.1) is 5.69 Å². The highest BCUT2D eigenvalue weighted by Crippen LogP contribution is 2.21. The molecule has 2 aromatic rings. The Bertz CT molecular complexity index is 595. The smallest absolute Gasteiger partial charge is 0.0544 e. The number of pyridine rings is 1. The molecular weight excluding hydrogens is 350 g/mol. The van der Waals surface area contributed by atoms with Crippen molar-refractivity contribution in [2.75, 3.05) is 13.1 Å². The molecule has 1 aromatic carbocycles. The second-order valence-electron chi connectivity index (χ2n) is 6.19. The molecule has 1 aromatic heterocycles. The summed E-state index contributed by atoms with van der Waals surface area (Å²) >= 11 is 3.59.